The number of aliphatic hydroxyl groups excluding tert-OH is 1. The molecule has 0 saturated heterocycles. The van der Waals surface area contributed by atoms with Crippen LogP contribution in [0.25, 0.3) is 0 Å². The lowest BCUT2D eigenvalue weighted by Crippen LogP contribution is -2.35. The van der Waals surface area contributed by atoms with Gasteiger partial charge >= 0.3 is 0 Å². The van der Waals surface area contributed by atoms with Crippen LogP contribution in [0.15, 0.2) is 12.3 Å². The van der Waals surface area contributed by atoms with Crippen LogP contribution >= 0.6 is 0 Å². The highest BCUT2D eigenvalue weighted by molar-refractivity contribution is 5.48. The first kappa shape index (κ1) is 17.9. The monoisotopic (exact) mass is 293 g/mol. The Morgan fingerprint density at radius 3 is 2.48 bits per heavy atom. The molecule has 0 radical (unpaired) electrons. The maximum atomic E-state index is 9.05. The summed E-state index contributed by atoms with van der Waals surface area (Å²) in [5, 5.41) is 12.5. The van der Waals surface area contributed by atoms with Gasteiger partial charge in [0, 0.05) is 37.5 Å². The summed E-state index contributed by atoms with van der Waals surface area (Å²) in [7, 11) is 0. The van der Waals surface area contributed by atoms with Crippen molar-refractivity contribution in [2.24, 2.45) is 0 Å². The summed E-state index contributed by atoms with van der Waals surface area (Å²) in [5.74, 6) is 1.03. The lowest BCUT2D eigenvalue weighted by Gasteiger charge is -2.29. The van der Waals surface area contributed by atoms with Crippen molar-refractivity contribution in [2.45, 2.75) is 66.1 Å². The molecule has 0 amide bonds. The summed E-state index contributed by atoms with van der Waals surface area (Å²) in [6, 6.07) is 2.58. The molecular formula is C17H31N3O. The predicted octanol–water partition coefficient (Wildman–Crippen LogP) is 2.88. The van der Waals surface area contributed by atoms with Gasteiger partial charge in [0.1, 0.15) is 5.82 Å². The summed E-state index contributed by atoms with van der Waals surface area (Å²) in [5.41, 5.74) is 2.50. The molecule has 1 aromatic heterocycles. The Hall–Kier alpha value is -1.13. The van der Waals surface area contributed by atoms with Gasteiger partial charge in [0.2, 0.25) is 0 Å². The van der Waals surface area contributed by atoms with Crippen LogP contribution in [-0.4, -0.2) is 34.8 Å². The number of nitrogens with one attached hydrogen (secondary N) is 1. The van der Waals surface area contributed by atoms with E-state index in [0.29, 0.717) is 6.04 Å². The number of anilines is 1. The molecule has 0 atom stereocenters. The van der Waals surface area contributed by atoms with Crippen molar-refractivity contribution in [3.05, 3.63) is 23.4 Å². The third kappa shape index (κ3) is 6.02. The van der Waals surface area contributed by atoms with Gasteiger partial charge in [-0.2, -0.15) is 0 Å². The molecule has 21 heavy (non-hydrogen) atoms. The van der Waals surface area contributed by atoms with Gasteiger partial charge in [-0.05, 0) is 65.2 Å². The summed E-state index contributed by atoms with van der Waals surface area (Å²) in [6.07, 6.45) is 2.72. The molecule has 2 N–H and O–H groups in total. The fraction of sp³-hybridized carbons (Fsp3) is 0.706. The van der Waals surface area contributed by atoms with Crippen LogP contribution in [0.3, 0.4) is 0 Å². The zero-order chi connectivity index (χ0) is 16.0. The molecule has 0 unspecified atom stereocenters. The summed E-state index contributed by atoms with van der Waals surface area (Å²) >= 11 is 0. The van der Waals surface area contributed by atoms with Crippen LogP contribution in [-0.2, 0) is 6.54 Å². The van der Waals surface area contributed by atoms with Crippen molar-refractivity contribution in [2.75, 3.05) is 18.1 Å². The van der Waals surface area contributed by atoms with Crippen LogP contribution in [0, 0.1) is 6.92 Å². The topological polar surface area (TPSA) is 48.4 Å². The van der Waals surface area contributed by atoms with Gasteiger partial charge in [-0.25, -0.2) is 4.98 Å². The van der Waals surface area contributed by atoms with E-state index in [1.807, 2.05) is 6.20 Å². The lowest BCUT2D eigenvalue weighted by molar-refractivity contribution is 0.288. The van der Waals surface area contributed by atoms with E-state index in [4.69, 9.17) is 5.11 Å². The molecule has 0 aliphatic heterocycles. The fourth-order valence-electron chi connectivity index (χ4n) is 2.24. The molecule has 1 heterocycles. The van der Waals surface area contributed by atoms with Crippen LogP contribution in [0.4, 0.5) is 5.82 Å². The Morgan fingerprint density at radius 2 is 2.00 bits per heavy atom. The number of rotatable bonds is 7. The van der Waals surface area contributed by atoms with Crippen molar-refractivity contribution in [1.82, 2.24) is 10.3 Å². The average molecular weight is 293 g/mol. The molecule has 1 aromatic rings. The molecule has 1 rings (SSSR count). The molecule has 4 nitrogen and oxygen atoms in total. The Kier molecular flexibility index (Phi) is 6.62. The van der Waals surface area contributed by atoms with E-state index in [-0.39, 0.29) is 12.1 Å². The van der Waals surface area contributed by atoms with Gasteiger partial charge in [-0.3, -0.25) is 0 Å². The third-order valence-electron chi connectivity index (χ3n) is 3.38. The van der Waals surface area contributed by atoms with E-state index in [1.54, 1.807) is 0 Å². The van der Waals surface area contributed by atoms with Gasteiger partial charge in [0.25, 0.3) is 0 Å². The molecular weight excluding hydrogens is 262 g/mol. The quantitative estimate of drug-likeness (QED) is 0.811. The van der Waals surface area contributed by atoms with E-state index < -0.39 is 0 Å². The number of aliphatic hydroxyl groups is 1. The van der Waals surface area contributed by atoms with Gasteiger partial charge in [0.05, 0.1) is 0 Å². The number of aromatic nitrogens is 1. The number of aryl methyl sites for hydroxylation is 1. The van der Waals surface area contributed by atoms with Crippen molar-refractivity contribution in [1.29, 1.82) is 0 Å². The van der Waals surface area contributed by atoms with Crippen LogP contribution < -0.4 is 10.2 Å². The van der Waals surface area contributed by atoms with Crippen molar-refractivity contribution >= 4 is 5.82 Å². The van der Waals surface area contributed by atoms with Crippen molar-refractivity contribution in [3.63, 3.8) is 0 Å². The molecule has 0 saturated carbocycles. The second-order valence-electron chi connectivity index (χ2n) is 6.95. The van der Waals surface area contributed by atoms with E-state index in [2.05, 4.69) is 62.8 Å². The first-order valence-electron chi connectivity index (χ1n) is 7.82. The Balaban J connectivity index is 2.84. The van der Waals surface area contributed by atoms with Crippen LogP contribution in [0.5, 0.6) is 0 Å². The molecule has 0 aliphatic carbocycles. The van der Waals surface area contributed by atoms with E-state index in [9.17, 15) is 0 Å². The minimum atomic E-state index is 0.109. The highest BCUT2D eigenvalue weighted by atomic mass is 16.3. The van der Waals surface area contributed by atoms with Crippen LogP contribution in [0.2, 0.25) is 0 Å². The van der Waals surface area contributed by atoms with Gasteiger partial charge in [-0.15, -0.1) is 0 Å². The minimum Gasteiger partial charge on any atom is -0.396 e. The van der Waals surface area contributed by atoms with Crippen molar-refractivity contribution in [3.8, 4) is 0 Å². The minimum absolute atomic E-state index is 0.109. The summed E-state index contributed by atoms with van der Waals surface area (Å²) in [4.78, 5) is 6.91. The number of nitrogens with zero attached hydrogens (tertiary/aromatic N) is 2. The van der Waals surface area contributed by atoms with Gasteiger partial charge in [-0.1, -0.05) is 0 Å². The third-order valence-corrected chi connectivity index (χ3v) is 3.38. The molecule has 0 bridgehead atoms. The first-order valence-corrected chi connectivity index (χ1v) is 7.82. The summed E-state index contributed by atoms with van der Waals surface area (Å²) in [6.45, 7) is 14.8. The van der Waals surface area contributed by atoms with Gasteiger partial charge < -0.3 is 15.3 Å². The maximum Gasteiger partial charge on any atom is 0.131 e. The fourth-order valence-corrected chi connectivity index (χ4v) is 2.24. The predicted molar refractivity (Wildman–Crippen MR) is 89.8 cm³/mol. The van der Waals surface area contributed by atoms with E-state index in [1.165, 1.54) is 11.1 Å². The Morgan fingerprint density at radius 1 is 1.33 bits per heavy atom. The van der Waals surface area contributed by atoms with E-state index >= 15 is 0 Å². The highest BCUT2D eigenvalue weighted by Gasteiger charge is 2.15. The normalized spacial score (nSPS) is 12.0. The van der Waals surface area contributed by atoms with Crippen molar-refractivity contribution < 1.29 is 5.11 Å². The molecule has 120 valence electrons. The molecule has 4 heteroatoms. The molecule has 0 fully saturated rings. The number of hydrogen-bond donors (Lipinski definition) is 2. The molecule has 0 spiro atoms. The Bertz CT molecular complexity index is 438. The second kappa shape index (κ2) is 7.76. The second-order valence-corrected chi connectivity index (χ2v) is 6.95. The number of pyridine rings is 1. The SMILES string of the molecule is Cc1cc(CNC(C)(C)C)cnc1N(CCCO)C(C)C. The average Bonchev–Trinajstić information content (AvgIpc) is 2.37. The highest BCUT2D eigenvalue weighted by Crippen LogP contribution is 2.20. The zero-order valence-electron chi connectivity index (χ0n) is 14.4. The Labute approximate surface area is 129 Å². The number of hydrogen-bond acceptors (Lipinski definition) is 4. The molecule has 0 aromatic carbocycles. The van der Waals surface area contributed by atoms with Gasteiger partial charge in [0.15, 0.2) is 0 Å². The first-order chi connectivity index (χ1) is 9.74. The maximum absolute atomic E-state index is 9.05. The smallest absolute Gasteiger partial charge is 0.131 e. The zero-order valence-corrected chi connectivity index (χ0v) is 14.4. The van der Waals surface area contributed by atoms with Crippen LogP contribution in [0.1, 0.15) is 52.2 Å². The largest absolute Gasteiger partial charge is 0.396 e. The standard InChI is InChI=1S/C17H31N3O/c1-13(2)20(8-7-9-21)16-14(3)10-15(11-18-16)12-19-17(4,5)6/h10-11,13,19,21H,7-9,12H2,1-6H3. The van der Waals surface area contributed by atoms with E-state index in [0.717, 1.165) is 25.3 Å². The summed E-state index contributed by atoms with van der Waals surface area (Å²) < 4.78 is 0. The molecule has 0 aliphatic rings. The lowest BCUT2D eigenvalue weighted by atomic mass is 10.1.